The Morgan fingerprint density at radius 1 is 1.11 bits per heavy atom. The SMILES string of the molecule is CN(c1ccncc1)n1ccc2cc(O)ccc21. The number of aromatic hydroxyl groups is 1. The Morgan fingerprint density at radius 3 is 2.67 bits per heavy atom. The van der Waals surface area contributed by atoms with E-state index in [1.165, 1.54) is 0 Å². The standard InChI is InChI=1S/C14H13N3O/c1-16(12-4-7-15-8-5-12)17-9-6-11-10-13(18)2-3-14(11)17/h2-10,18H,1H3. The second-order valence-electron chi connectivity index (χ2n) is 4.13. The molecule has 0 spiro atoms. The molecule has 0 fully saturated rings. The number of pyridine rings is 1. The van der Waals surface area contributed by atoms with Gasteiger partial charge in [0.15, 0.2) is 0 Å². The van der Waals surface area contributed by atoms with Crippen LogP contribution in [-0.2, 0) is 0 Å². The summed E-state index contributed by atoms with van der Waals surface area (Å²) in [7, 11) is 1.99. The first kappa shape index (κ1) is 10.7. The van der Waals surface area contributed by atoms with Crippen molar-refractivity contribution < 1.29 is 5.11 Å². The zero-order valence-corrected chi connectivity index (χ0v) is 9.99. The summed E-state index contributed by atoms with van der Waals surface area (Å²) in [5.41, 5.74) is 2.10. The first-order valence-electron chi connectivity index (χ1n) is 5.70. The van der Waals surface area contributed by atoms with Gasteiger partial charge in [-0.2, -0.15) is 0 Å². The minimum Gasteiger partial charge on any atom is -0.508 e. The van der Waals surface area contributed by atoms with Gasteiger partial charge >= 0.3 is 0 Å². The Balaban J connectivity index is 2.10. The normalized spacial score (nSPS) is 10.7. The highest BCUT2D eigenvalue weighted by Gasteiger charge is 2.07. The van der Waals surface area contributed by atoms with Crippen LogP contribution in [0.3, 0.4) is 0 Å². The molecule has 18 heavy (non-hydrogen) atoms. The Labute approximate surface area is 105 Å². The van der Waals surface area contributed by atoms with E-state index in [0.29, 0.717) is 0 Å². The van der Waals surface area contributed by atoms with Gasteiger partial charge in [-0.25, -0.2) is 0 Å². The van der Waals surface area contributed by atoms with Gasteiger partial charge in [0.2, 0.25) is 0 Å². The van der Waals surface area contributed by atoms with Crippen molar-refractivity contribution in [2.45, 2.75) is 0 Å². The highest BCUT2D eigenvalue weighted by molar-refractivity contribution is 5.82. The number of benzene rings is 1. The van der Waals surface area contributed by atoms with Crippen molar-refractivity contribution in [1.82, 2.24) is 9.66 Å². The molecule has 0 aliphatic carbocycles. The Morgan fingerprint density at radius 2 is 1.89 bits per heavy atom. The van der Waals surface area contributed by atoms with Gasteiger partial charge in [0.25, 0.3) is 0 Å². The van der Waals surface area contributed by atoms with Gasteiger partial charge in [0.05, 0.1) is 11.2 Å². The maximum atomic E-state index is 9.46. The molecule has 0 radical (unpaired) electrons. The summed E-state index contributed by atoms with van der Waals surface area (Å²) in [5, 5.41) is 12.5. The fourth-order valence-electron chi connectivity index (χ4n) is 2.06. The van der Waals surface area contributed by atoms with Crippen molar-refractivity contribution in [1.29, 1.82) is 0 Å². The summed E-state index contributed by atoms with van der Waals surface area (Å²) in [5.74, 6) is 0.284. The molecule has 0 saturated heterocycles. The summed E-state index contributed by atoms with van der Waals surface area (Å²) in [4.78, 5) is 4.01. The molecule has 0 atom stereocenters. The third kappa shape index (κ3) is 1.68. The Hall–Kier alpha value is -2.49. The van der Waals surface area contributed by atoms with Gasteiger partial charge in [0, 0.05) is 31.0 Å². The van der Waals surface area contributed by atoms with Crippen molar-refractivity contribution in [2.24, 2.45) is 0 Å². The lowest BCUT2D eigenvalue weighted by molar-refractivity contribution is 0.476. The third-order valence-electron chi connectivity index (χ3n) is 3.01. The quantitative estimate of drug-likeness (QED) is 0.747. The fourth-order valence-corrected chi connectivity index (χ4v) is 2.06. The number of fused-ring (bicyclic) bond motifs is 1. The minimum atomic E-state index is 0.284. The molecule has 1 N–H and O–H groups in total. The molecule has 2 aromatic heterocycles. The summed E-state index contributed by atoms with van der Waals surface area (Å²) >= 11 is 0. The van der Waals surface area contributed by atoms with Crippen molar-refractivity contribution in [3.8, 4) is 5.75 Å². The molecule has 4 heteroatoms. The maximum Gasteiger partial charge on any atom is 0.116 e. The van der Waals surface area contributed by atoms with Crippen LogP contribution in [-0.4, -0.2) is 21.8 Å². The zero-order chi connectivity index (χ0) is 12.5. The van der Waals surface area contributed by atoms with E-state index in [-0.39, 0.29) is 5.75 Å². The van der Waals surface area contributed by atoms with Gasteiger partial charge in [-0.05, 0) is 36.4 Å². The molecule has 0 bridgehead atoms. The Kier molecular flexibility index (Phi) is 2.41. The molecule has 1 aromatic carbocycles. The minimum absolute atomic E-state index is 0.284. The molecule has 0 saturated carbocycles. The molecular weight excluding hydrogens is 226 g/mol. The van der Waals surface area contributed by atoms with Crippen LogP contribution >= 0.6 is 0 Å². The van der Waals surface area contributed by atoms with E-state index in [1.807, 2.05) is 47.2 Å². The molecule has 2 heterocycles. The van der Waals surface area contributed by atoms with Crippen LogP contribution in [0.4, 0.5) is 5.69 Å². The molecule has 90 valence electrons. The zero-order valence-electron chi connectivity index (χ0n) is 9.99. The topological polar surface area (TPSA) is 41.3 Å². The first-order chi connectivity index (χ1) is 8.75. The van der Waals surface area contributed by atoms with E-state index >= 15 is 0 Å². The first-order valence-corrected chi connectivity index (χ1v) is 5.70. The number of nitrogens with zero attached hydrogens (tertiary/aromatic N) is 3. The summed E-state index contributed by atoms with van der Waals surface area (Å²) < 4.78 is 2.03. The van der Waals surface area contributed by atoms with Crippen molar-refractivity contribution in [3.63, 3.8) is 0 Å². The fraction of sp³-hybridized carbons (Fsp3) is 0.0714. The molecule has 0 aliphatic heterocycles. The summed E-state index contributed by atoms with van der Waals surface area (Å²) in [6.07, 6.45) is 5.51. The Bertz CT molecular complexity index is 676. The highest BCUT2D eigenvalue weighted by Crippen LogP contribution is 2.23. The molecule has 3 rings (SSSR count). The van der Waals surface area contributed by atoms with Crippen LogP contribution in [0.25, 0.3) is 10.9 Å². The third-order valence-corrected chi connectivity index (χ3v) is 3.01. The monoisotopic (exact) mass is 239 g/mol. The molecule has 0 amide bonds. The molecule has 0 unspecified atom stereocenters. The lowest BCUT2D eigenvalue weighted by Gasteiger charge is -2.21. The predicted octanol–water partition coefficient (Wildman–Crippen LogP) is 2.64. The summed E-state index contributed by atoms with van der Waals surface area (Å²) in [6, 6.07) is 11.2. The number of anilines is 1. The smallest absolute Gasteiger partial charge is 0.116 e. The van der Waals surface area contributed by atoms with Crippen LogP contribution in [0, 0.1) is 0 Å². The van der Waals surface area contributed by atoms with Gasteiger partial charge in [-0.3, -0.25) is 14.7 Å². The number of phenolic OH excluding ortho intramolecular Hbond substituents is 1. The molecule has 4 nitrogen and oxygen atoms in total. The number of hydrogen-bond acceptors (Lipinski definition) is 3. The second-order valence-corrected chi connectivity index (χ2v) is 4.13. The van der Waals surface area contributed by atoms with E-state index in [0.717, 1.165) is 16.6 Å². The molecule has 3 aromatic rings. The summed E-state index contributed by atoms with van der Waals surface area (Å²) in [6.45, 7) is 0. The lowest BCUT2D eigenvalue weighted by Crippen LogP contribution is -2.23. The molecule has 0 aliphatic rings. The van der Waals surface area contributed by atoms with Gasteiger partial charge in [0.1, 0.15) is 5.75 Å². The second kappa shape index (κ2) is 4.07. The average Bonchev–Trinajstić information content (AvgIpc) is 2.81. The lowest BCUT2D eigenvalue weighted by atomic mass is 10.2. The van der Waals surface area contributed by atoms with Gasteiger partial charge in [-0.1, -0.05) is 0 Å². The maximum absolute atomic E-state index is 9.46. The average molecular weight is 239 g/mol. The van der Waals surface area contributed by atoms with E-state index in [2.05, 4.69) is 4.98 Å². The van der Waals surface area contributed by atoms with Crippen LogP contribution in [0.1, 0.15) is 0 Å². The number of rotatable bonds is 2. The van der Waals surface area contributed by atoms with Crippen LogP contribution in [0.5, 0.6) is 5.75 Å². The van der Waals surface area contributed by atoms with E-state index < -0.39 is 0 Å². The van der Waals surface area contributed by atoms with Crippen LogP contribution < -0.4 is 5.01 Å². The number of hydrogen-bond donors (Lipinski definition) is 1. The number of phenols is 1. The van der Waals surface area contributed by atoms with Crippen LogP contribution in [0.15, 0.2) is 55.0 Å². The van der Waals surface area contributed by atoms with Crippen molar-refractivity contribution in [2.75, 3.05) is 12.1 Å². The van der Waals surface area contributed by atoms with Crippen LogP contribution in [0.2, 0.25) is 0 Å². The van der Waals surface area contributed by atoms with Gasteiger partial charge in [-0.15, -0.1) is 0 Å². The highest BCUT2D eigenvalue weighted by atomic mass is 16.3. The van der Waals surface area contributed by atoms with E-state index in [9.17, 15) is 5.11 Å². The van der Waals surface area contributed by atoms with E-state index in [4.69, 9.17) is 0 Å². The predicted molar refractivity (Wildman–Crippen MR) is 71.6 cm³/mol. The largest absolute Gasteiger partial charge is 0.508 e. The number of aromatic nitrogens is 2. The van der Waals surface area contributed by atoms with Crippen molar-refractivity contribution in [3.05, 3.63) is 55.0 Å². The van der Waals surface area contributed by atoms with Crippen molar-refractivity contribution >= 4 is 16.6 Å². The van der Waals surface area contributed by atoms with E-state index in [1.54, 1.807) is 24.5 Å². The van der Waals surface area contributed by atoms with Gasteiger partial charge < -0.3 is 5.11 Å². The molecular formula is C14H13N3O.